The molecule has 0 aliphatic carbocycles. The molecule has 3 heterocycles. The molecule has 0 saturated heterocycles. The highest BCUT2D eigenvalue weighted by atomic mass is 32.1. The molecule has 0 fully saturated rings. The molecule has 0 aliphatic heterocycles. The Labute approximate surface area is 164 Å². The third-order valence-corrected chi connectivity index (χ3v) is 5.98. The third kappa shape index (κ3) is 3.61. The van der Waals surface area contributed by atoms with Crippen LogP contribution in [0.5, 0.6) is 5.75 Å². The molecule has 0 saturated carbocycles. The fourth-order valence-corrected chi connectivity index (χ4v) is 4.69. The number of hydrogen-bond acceptors (Lipinski definition) is 6. The van der Waals surface area contributed by atoms with Crippen LogP contribution in [0.25, 0.3) is 20.7 Å². The van der Waals surface area contributed by atoms with Crippen LogP contribution in [-0.2, 0) is 0 Å². The van der Waals surface area contributed by atoms with E-state index in [0.717, 1.165) is 26.7 Å². The van der Waals surface area contributed by atoms with Crippen LogP contribution in [0, 0.1) is 0 Å². The molecule has 2 N–H and O–H groups in total. The first kappa shape index (κ1) is 17.8. The van der Waals surface area contributed by atoms with Crippen LogP contribution in [0.1, 0.15) is 25.7 Å². The molecule has 7 heteroatoms. The van der Waals surface area contributed by atoms with E-state index in [1.54, 1.807) is 11.3 Å². The fraction of sp³-hybridized carbons (Fsp3) is 0.200. The van der Waals surface area contributed by atoms with E-state index in [2.05, 4.69) is 10.3 Å². The zero-order chi connectivity index (χ0) is 18.8. The number of fused-ring (bicyclic) bond motifs is 1. The Bertz CT molecular complexity index is 1100. The second kappa shape index (κ2) is 7.54. The summed E-state index contributed by atoms with van der Waals surface area (Å²) in [5, 5.41) is 8.06. The molecule has 0 unspecified atom stereocenters. The van der Waals surface area contributed by atoms with Crippen molar-refractivity contribution in [2.75, 3.05) is 11.9 Å². The third-order valence-electron chi connectivity index (χ3n) is 4.21. The Balaban J connectivity index is 1.61. The lowest BCUT2D eigenvalue weighted by molar-refractivity contribution is 0.340. The Morgan fingerprint density at radius 1 is 1.22 bits per heavy atom. The van der Waals surface area contributed by atoms with Crippen LogP contribution < -0.4 is 15.6 Å². The van der Waals surface area contributed by atoms with E-state index in [0.29, 0.717) is 17.8 Å². The summed E-state index contributed by atoms with van der Waals surface area (Å²) in [4.78, 5) is 22.2. The molecule has 0 radical (unpaired) electrons. The van der Waals surface area contributed by atoms with Crippen LogP contribution in [0.15, 0.2) is 52.0 Å². The molecule has 4 aromatic rings. The first-order valence-corrected chi connectivity index (χ1v) is 10.5. The van der Waals surface area contributed by atoms with Crippen LogP contribution in [0.3, 0.4) is 0 Å². The SMILES string of the molecule is CCOc1ccc(N[C@@H](C)c2nc3scc(-c4cccs4)c3c(=O)[nH]2)cc1. The van der Waals surface area contributed by atoms with Gasteiger partial charge < -0.3 is 15.0 Å². The minimum Gasteiger partial charge on any atom is -0.494 e. The number of nitrogens with one attached hydrogen (secondary N) is 2. The van der Waals surface area contributed by atoms with Crippen LogP contribution >= 0.6 is 22.7 Å². The van der Waals surface area contributed by atoms with Gasteiger partial charge in [0.2, 0.25) is 0 Å². The number of H-pyrrole nitrogens is 1. The van der Waals surface area contributed by atoms with E-state index in [9.17, 15) is 4.79 Å². The fourth-order valence-electron chi connectivity index (χ4n) is 2.92. The Hall–Kier alpha value is -2.64. The number of nitrogens with zero attached hydrogens (tertiary/aromatic N) is 1. The molecule has 0 spiro atoms. The van der Waals surface area contributed by atoms with Gasteiger partial charge in [0.25, 0.3) is 5.56 Å². The van der Waals surface area contributed by atoms with Gasteiger partial charge in [0.1, 0.15) is 16.4 Å². The molecule has 5 nitrogen and oxygen atoms in total. The van der Waals surface area contributed by atoms with Crippen LogP contribution in [-0.4, -0.2) is 16.6 Å². The van der Waals surface area contributed by atoms with E-state index in [1.807, 2.05) is 61.0 Å². The van der Waals surface area contributed by atoms with Crippen molar-refractivity contribution in [3.63, 3.8) is 0 Å². The van der Waals surface area contributed by atoms with Crippen LogP contribution in [0.2, 0.25) is 0 Å². The van der Waals surface area contributed by atoms with Gasteiger partial charge in [-0.1, -0.05) is 6.07 Å². The van der Waals surface area contributed by atoms with Crippen molar-refractivity contribution in [3.8, 4) is 16.2 Å². The lowest BCUT2D eigenvalue weighted by Gasteiger charge is -2.15. The molecule has 0 aliphatic rings. The highest BCUT2D eigenvalue weighted by molar-refractivity contribution is 7.18. The van der Waals surface area contributed by atoms with Gasteiger partial charge in [0.15, 0.2) is 0 Å². The van der Waals surface area contributed by atoms with Gasteiger partial charge in [0, 0.05) is 21.5 Å². The topological polar surface area (TPSA) is 67.0 Å². The van der Waals surface area contributed by atoms with E-state index in [-0.39, 0.29) is 11.6 Å². The molecule has 0 amide bonds. The second-order valence-electron chi connectivity index (χ2n) is 6.08. The van der Waals surface area contributed by atoms with Gasteiger partial charge in [-0.2, -0.15) is 0 Å². The molecule has 0 bridgehead atoms. The average Bonchev–Trinajstić information content (AvgIpc) is 3.32. The molecular formula is C20H19N3O2S2. The standard InChI is InChI=1S/C20H19N3O2S2/c1-3-25-14-8-6-13(7-9-14)21-12(2)18-22-19(24)17-15(11-27-20(17)23-18)16-5-4-10-26-16/h4-12,21H,3H2,1-2H3,(H,22,23,24)/t12-/m0/s1. The number of aromatic amines is 1. The van der Waals surface area contributed by atoms with Gasteiger partial charge in [-0.25, -0.2) is 4.98 Å². The quantitative estimate of drug-likeness (QED) is 0.464. The van der Waals surface area contributed by atoms with Gasteiger partial charge in [-0.15, -0.1) is 22.7 Å². The van der Waals surface area contributed by atoms with E-state index >= 15 is 0 Å². The normalized spacial score (nSPS) is 12.2. The van der Waals surface area contributed by atoms with Crippen molar-refractivity contribution in [3.05, 3.63) is 63.3 Å². The molecule has 138 valence electrons. The molecule has 1 aromatic carbocycles. The van der Waals surface area contributed by atoms with Crippen LogP contribution in [0.4, 0.5) is 5.69 Å². The number of aromatic nitrogens is 2. The maximum Gasteiger partial charge on any atom is 0.260 e. The van der Waals surface area contributed by atoms with Crippen molar-refractivity contribution in [2.45, 2.75) is 19.9 Å². The van der Waals surface area contributed by atoms with Crippen molar-refractivity contribution >= 4 is 38.6 Å². The minimum absolute atomic E-state index is 0.0972. The summed E-state index contributed by atoms with van der Waals surface area (Å²) >= 11 is 3.13. The van der Waals surface area contributed by atoms with Gasteiger partial charge in [0.05, 0.1) is 18.0 Å². The first-order valence-electron chi connectivity index (χ1n) is 8.70. The van der Waals surface area contributed by atoms with Crippen molar-refractivity contribution in [1.29, 1.82) is 0 Å². The van der Waals surface area contributed by atoms with Crippen molar-refractivity contribution < 1.29 is 4.74 Å². The molecule has 4 rings (SSSR count). The number of thiophene rings is 2. The second-order valence-corrected chi connectivity index (χ2v) is 7.89. The molecule has 1 atom stereocenters. The Morgan fingerprint density at radius 2 is 2.04 bits per heavy atom. The Kier molecular flexibility index (Phi) is 4.96. The summed E-state index contributed by atoms with van der Waals surface area (Å²) in [6, 6.07) is 11.6. The van der Waals surface area contributed by atoms with Gasteiger partial charge in [-0.05, 0) is 49.6 Å². The lowest BCUT2D eigenvalue weighted by atomic mass is 10.2. The summed E-state index contributed by atoms with van der Waals surface area (Å²) in [5.74, 6) is 1.46. The summed E-state index contributed by atoms with van der Waals surface area (Å²) in [6.07, 6.45) is 0. The smallest absolute Gasteiger partial charge is 0.260 e. The Morgan fingerprint density at radius 3 is 2.74 bits per heavy atom. The summed E-state index contributed by atoms with van der Waals surface area (Å²) in [5.41, 5.74) is 1.80. The first-order chi connectivity index (χ1) is 13.2. The molecule has 27 heavy (non-hydrogen) atoms. The maximum atomic E-state index is 12.7. The number of benzene rings is 1. The molecule has 3 aromatic heterocycles. The highest BCUT2D eigenvalue weighted by Crippen LogP contribution is 2.33. The van der Waals surface area contributed by atoms with Crippen molar-refractivity contribution in [2.24, 2.45) is 0 Å². The average molecular weight is 398 g/mol. The monoisotopic (exact) mass is 397 g/mol. The van der Waals surface area contributed by atoms with Gasteiger partial charge >= 0.3 is 0 Å². The zero-order valence-electron chi connectivity index (χ0n) is 15.0. The van der Waals surface area contributed by atoms with Crippen molar-refractivity contribution in [1.82, 2.24) is 9.97 Å². The number of hydrogen-bond donors (Lipinski definition) is 2. The minimum atomic E-state index is -0.132. The highest BCUT2D eigenvalue weighted by Gasteiger charge is 2.16. The summed E-state index contributed by atoms with van der Waals surface area (Å²) in [6.45, 7) is 4.58. The summed E-state index contributed by atoms with van der Waals surface area (Å²) < 4.78 is 5.46. The van der Waals surface area contributed by atoms with E-state index in [4.69, 9.17) is 9.72 Å². The van der Waals surface area contributed by atoms with E-state index in [1.165, 1.54) is 11.3 Å². The number of ether oxygens (including phenoxy) is 1. The predicted molar refractivity (Wildman–Crippen MR) is 113 cm³/mol. The van der Waals surface area contributed by atoms with Gasteiger partial charge in [-0.3, -0.25) is 4.79 Å². The predicted octanol–water partition coefficient (Wildman–Crippen LogP) is 5.28. The largest absolute Gasteiger partial charge is 0.494 e. The lowest BCUT2D eigenvalue weighted by Crippen LogP contribution is -2.17. The molecular weight excluding hydrogens is 378 g/mol. The zero-order valence-corrected chi connectivity index (χ0v) is 16.6. The maximum absolute atomic E-state index is 12.7. The number of anilines is 1. The number of rotatable bonds is 6. The van der Waals surface area contributed by atoms with E-state index < -0.39 is 0 Å². The summed E-state index contributed by atoms with van der Waals surface area (Å²) in [7, 11) is 0.